The van der Waals surface area contributed by atoms with E-state index in [1.807, 2.05) is 0 Å². The summed E-state index contributed by atoms with van der Waals surface area (Å²) < 4.78 is 0. The fourth-order valence-corrected chi connectivity index (χ4v) is 5.84. The van der Waals surface area contributed by atoms with Gasteiger partial charge in [-0.05, 0) is 6.04 Å². The molecule has 0 fully saturated rings. The van der Waals surface area contributed by atoms with E-state index >= 15 is 0 Å². The van der Waals surface area contributed by atoms with Gasteiger partial charge < -0.3 is 0 Å². The predicted molar refractivity (Wildman–Crippen MR) is 117 cm³/mol. The Morgan fingerprint density at radius 2 is 0.917 bits per heavy atom. The van der Waals surface area contributed by atoms with Crippen molar-refractivity contribution in [3.63, 3.8) is 0 Å². The summed E-state index contributed by atoms with van der Waals surface area (Å²) in [4.78, 5) is 0. The molecule has 24 heavy (non-hydrogen) atoms. The summed E-state index contributed by atoms with van der Waals surface area (Å²) in [7, 11) is -0.928. The lowest BCUT2D eigenvalue weighted by Gasteiger charge is -2.19. The van der Waals surface area contributed by atoms with Crippen molar-refractivity contribution in [2.24, 2.45) is 0 Å². The highest BCUT2D eigenvalue weighted by molar-refractivity contribution is 6.77. The van der Waals surface area contributed by atoms with Gasteiger partial charge in [-0.15, -0.1) is 6.58 Å². The first-order chi connectivity index (χ1) is 11.6. The molecule has 0 amide bonds. The van der Waals surface area contributed by atoms with Crippen molar-refractivity contribution in [2.75, 3.05) is 0 Å². The minimum atomic E-state index is -0.928. The molecule has 0 radical (unpaired) electrons. The predicted octanol–water partition coefficient (Wildman–Crippen LogP) is 9.14. The molecule has 0 rings (SSSR count). The monoisotopic (exact) mass is 352 g/mol. The zero-order valence-electron chi connectivity index (χ0n) is 17.5. The van der Waals surface area contributed by atoms with Crippen molar-refractivity contribution < 1.29 is 0 Å². The third-order valence-electron chi connectivity index (χ3n) is 5.40. The summed E-state index contributed by atoms with van der Waals surface area (Å²) >= 11 is 0. The maximum Gasteiger partial charge on any atom is 0.0511 e. The van der Waals surface area contributed by atoms with Crippen LogP contribution in [0.5, 0.6) is 0 Å². The topological polar surface area (TPSA) is 0 Å². The summed E-state index contributed by atoms with van der Waals surface area (Å²) in [6, 6.07) is 2.79. The molecular weight excluding hydrogens is 304 g/mol. The van der Waals surface area contributed by atoms with Crippen LogP contribution in [0.3, 0.4) is 0 Å². The summed E-state index contributed by atoms with van der Waals surface area (Å²) in [5, 5.41) is 0. The second-order valence-corrected chi connectivity index (χ2v) is 13.9. The summed E-state index contributed by atoms with van der Waals surface area (Å²) in [5.74, 6) is 0. The van der Waals surface area contributed by atoms with E-state index in [1.165, 1.54) is 115 Å². The average molecular weight is 353 g/mol. The fourth-order valence-electron chi connectivity index (χ4n) is 3.64. The molecule has 0 saturated heterocycles. The van der Waals surface area contributed by atoms with Crippen molar-refractivity contribution in [1.29, 1.82) is 0 Å². The molecule has 0 aromatic carbocycles. The van der Waals surface area contributed by atoms with Gasteiger partial charge >= 0.3 is 0 Å². The molecule has 0 atom stereocenters. The number of rotatable bonds is 19. The Morgan fingerprint density at radius 1 is 0.583 bits per heavy atom. The van der Waals surface area contributed by atoms with Gasteiger partial charge in [0, 0.05) is 0 Å². The third kappa shape index (κ3) is 18.3. The molecule has 0 nitrogen and oxygen atoms in total. The van der Waals surface area contributed by atoms with Crippen molar-refractivity contribution in [2.45, 2.75) is 135 Å². The first kappa shape index (κ1) is 24.0. The Balaban J connectivity index is 3.11. The lowest BCUT2D eigenvalue weighted by atomic mass is 10.0. The van der Waals surface area contributed by atoms with E-state index in [1.54, 1.807) is 0 Å². The molecule has 0 bridgehead atoms. The number of hydrogen-bond acceptors (Lipinski definition) is 0. The van der Waals surface area contributed by atoms with Crippen LogP contribution in [0.1, 0.15) is 110 Å². The van der Waals surface area contributed by atoms with Gasteiger partial charge in [-0.3, -0.25) is 0 Å². The maximum absolute atomic E-state index is 3.91. The second-order valence-electron chi connectivity index (χ2n) is 8.71. The quantitative estimate of drug-likeness (QED) is 0.123. The Labute approximate surface area is 155 Å². The molecule has 0 unspecified atom stereocenters. The largest absolute Gasteiger partial charge is 0.103 e. The van der Waals surface area contributed by atoms with E-state index in [9.17, 15) is 0 Å². The smallest absolute Gasteiger partial charge is 0.0511 e. The lowest BCUT2D eigenvalue weighted by molar-refractivity contribution is 0.531. The standard InChI is InChI=1S/C23H48Si/c1-5-7-8-9-10-11-12-13-14-15-16-17-18-19-20-21-23-24(3,4)22-6-2/h6H,2,5,7-23H2,1,3-4H3. The Kier molecular flexibility index (Phi) is 17.7. The Hall–Kier alpha value is -0.0431. The molecule has 0 N–H and O–H groups in total. The number of allylic oxidation sites excluding steroid dienone is 1. The van der Waals surface area contributed by atoms with Crippen LogP contribution in [-0.2, 0) is 0 Å². The normalized spacial score (nSPS) is 11.8. The van der Waals surface area contributed by atoms with Crippen molar-refractivity contribution in [3.05, 3.63) is 12.7 Å². The van der Waals surface area contributed by atoms with Crippen LogP contribution >= 0.6 is 0 Å². The van der Waals surface area contributed by atoms with E-state index in [0.717, 1.165) is 0 Å². The molecule has 0 aliphatic carbocycles. The van der Waals surface area contributed by atoms with Gasteiger partial charge in [-0.25, -0.2) is 0 Å². The van der Waals surface area contributed by atoms with Crippen LogP contribution in [0.4, 0.5) is 0 Å². The zero-order chi connectivity index (χ0) is 17.9. The highest BCUT2D eigenvalue weighted by Gasteiger charge is 2.17. The second kappa shape index (κ2) is 17.8. The number of hydrogen-bond donors (Lipinski definition) is 0. The van der Waals surface area contributed by atoms with Gasteiger partial charge in [0.1, 0.15) is 0 Å². The summed E-state index contributed by atoms with van der Waals surface area (Å²) in [6.45, 7) is 11.2. The molecule has 0 saturated carbocycles. The molecule has 0 aliphatic rings. The summed E-state index contributed by atoms with van der Waals surface area (Å²) in [6.07, 6.45) is 25.6. The van der Waals surface area contributed by atoms with E-state index in [2.05, 4.69) is 32.7 Å². The molecular formula is C23H48Si. The highest BCUT2D eigenvalue weighted by atomic mass is 28.3. The maximum atomic E-state index is 3.91. The van der Waals surface area contributed by atoms with Crippen LogP contribution in [0.2, 0.25) is 25.2 Å². The van der Waals surface area contributed by atoms with Gasteiger partial charge in [0.05, 0.1) is 8.07 Å². The molecule has 0 aliphatic heterocycles. The SMILES string of the molecule is C=CC[Si](C)(C)CCCCCCCCCCCCCCCCCC. The average Bonchev–Trinajstić information content (AvgIpc) is 2.54. The zero-order valence-corrected chi connectivity index (χ0v) is 18.5. The van der Waals surface area contributed by atoms with Gasteiger partial charge in [-0.1, -0.05) is 135 Å². The van der Waals surface area contributed by atoms with Gasteiger partial charge in [-0.2, -0.15) is 0 Å². The summed E-state index contributed by atoms with van der Waals surface area (Å²) in [5.41, 5.74) is 0. The molecule has 0 heterocycles. The van der Waals surface area contributed by atoms with Crippen LogP contribution in [0, 0.1) is 0 Å². The van der Waals surface area contributed by atoms with Gasteiger partial charge in [0.2, 0.25) is 0 Å². The van der Waals surface area contributed by atoms with Crippen molar-refractivity contribution in [3.8, 4) is 0 Å². The molecule has 0 spiro atoms. The van der Waals surface area contributed by atoms with Crippen LogP contribution in [0.25, 0.3) is 0 Å². The van der Waals surface area contributed by atoms with E-state index in [-0.39, 0.29) is 0 Å². The first-order valence-electron chi connectivity index (χ1n) is 11.2. The fraction of sp³-hybridized carbons (Fsp3) is 0.913. The molecule has 0 aromatic rings. The minimum Gasteiger partial charge on any atom is -0.103 e. The Bertz CT molecular complexity index is 257. The third-order valence-corrected chi connectivity index (χ3v) is 8.50. The van der Waals surface area contributed by atoms with E-state index in [4.69, 9.17) is 0 Å². The van der Waals surface area contributed by atoms with Crippen molar-refractivity contribution >= 4 is 8.07 Å². The number of unbranched alkanes of at least 4 members (excludes halogenated alkanes) is 15. The van der Waals surface area contributed by atoms with Crippen LogP contribution in [0.15, 0.2) is 12.7 Å². The molecule has 1 heteroatoms. The Morgan fingerprint density at radius 3 is 1.25 bits per heavy atom. The molecule has 144 valence electrons. The van der Waals surface area contributed by atoms with Gasteiger partial charge in [0.25, 0.3) is 0 Å². The molecule has 0 aromatic heterocycles. The van der Waals surface area contributed by atoms with E-state index in [0.29, 0.717) is 0 Å². The van der Waals surface area contributed by atoms with Crippen LogP contribution in [-0.4, -0.2) is 8.07 Å². The first-order valence-corrected chi connectivity index (χ1v) is 14.6. The lowest BCUT2D eigenvalue weighted by Crippen LogP contribution is -2.23. The van der Waals surface area contributed by atoms with Crippen LogP contribution < -0.4 is 0 Å². The van der Waals surface area contributed by atoms with Crippen molar-refractivity contribution in [1.82, 2.24) is 0 Å². The van der Waals surface area contributed by atoms with E-state index < -0.39 is 8.07 Å². The van der Waals surface area contributed by atoms with Gasteiger partial charge in [0.15, 0.2) is 0 Å². The minimum absolute atomic E-state index is 0.928. The highest BCUT2D eigenvalue weighted by Crippen LogP contribution is 2.20.